The molecule has 1 aliphatic rings. The number of urea groups is 1. The van der Waals surface area contributed by atoms with E-state index in [-0.39, 0.29) is 6.03 Å². The van der Waals surface area contributed by atoms with Crippen LogP contribution in [-0.4, -0.2) is 60.1 Å². The number of benzene rings is 1. The van der Waals surface area contributed by atoms with Crippen LogP contribution in [-0.2, 0) is 0 Å². The molecule has 0 N–H and O–H groups in total. The number of hydrogen-bond donors (Lipinski definition) is 0. The predicted octanol–water partition coefficient (Wildman–Crippen LogP) is 3.44. The summed E-state index contributed by atoms with van der Waals surface area (Å²) in [6, 6.07) is 8.66. The van der Waals surface area contributed by atoms with Gasteiger partial charge in [-0.25, -0.2) is 9.78 Å². The fraction of sp³-hybridized carbons (Fsp3) is 0.500. The van der Waals surface area contributed by atoms with Gasteiger partial charge in [0.05, 0.1) is 5.52 Å². The van der Waals surface area contributed by atoms with Crippen LogP contribution in [0.5, 0.6) is 0 Å². The van der Waals surface area contributed by atoms with Gasteiger partial charge in [0, 0.05) is 44.7 Å². The van der Waals surface area contributed by atoms with E-state index in [0.29, 0.717) is 0 Å². The molecule has 1 fully saturated rings. The number of hydrogen-bond acceptors (Lipinski definition) is 3. The topological polar surface area (TPSA) is 39.7 Å². The summed E-state index contributed by atoms with van der Waals surface area (Å²) in [6.45, 7) is 13.0. The van der Waals surface area contributed by atoms with Crippen LogP contribution in [0.2, 0.25) is 0 Å². The second-order valence-corrected chi connectivity index (χ2v) is 6.70. The van der Waals surface area contributed by atoms with Gasteiger partial charge in [-0.1, -0.05) is 18.2 Å². The van der Waals surface area contributed by atoms with E-state index in [0.717, 1.165) is 50.6 Å². The molecule has 1 aromatic carbocycles. The molecule has 0 atom stereocenters. The van der Waals surface area contributed by atoms with Crippen molar-refractivity contribution in [3.05, 3.63) is 35.4 Å². The first kappa shape index (κ1) is 17.5. The molecule has 2 aromatic rings. The second kappa shape index (κ2) is 7.30. The maximum Gasteiger partial charge on any atom is 0.320 e. The Balaban J connectivity index is 1.76. The van der Waals surface area contributed by atoms with E-state index in [1.54, 1.807) is 0 Å². The molecule has 134 valence electrons. The predicted molar refractivity (Wildman–Crippen MR) is 103 cm³/mol. The first-order valence-corrected chi connectivity index (χ1v) is 9.21. The van der Waals surface area contributed by atoms with Crippen molar-refractivity contribution in [3.8, 4) is 0 Å². The van der Waals surface area contributed by atoms with Crippen LogP contribution in [0, 0.1) is 13.8 Å². The van der Waals surface area contributed by atoms with Crippen molar-refractivity contribution in [1.29, 1.82) is 0 Å². The Kier molecular flexibility index (Phi) is 5.11. The molecule has 0 spiro atoms. The molecule has 0 saturated carbocycles. The largest absolute Gasteiger partial charge is 0.353 e. The lowest BCUT2D eigenvalue weighted by molar-refractivity contribution is 0.154. The summed E-state index contributed by atoms with van der Waals surface area (Å²) in [7, 11) is 0. The number of nitrogens with zero attached hydrogens (tertiary/aromatic N) is 4. The highest BCUT2D eigenvalue weighted by Gasteiger charge is 2.24. The molecule has 0 unspecified atom stereocenters. The molecule has 0 aliphatic carbocycles. The number of aryl methyl sites for hydroxylation is 2. The maximum atomic E-state index is 12.5. The van der Waals surface area contributed by atoms with Crippen molar-refractivity contribution in [2.75, 3.05) is 44.2 Å². The molecule has 1 saturated heterocycles. The van der Waals surface area contributed by atoms with E-state index in [1.165, 1.54) is 16.5 Å². The van der Waals surface area contributed by atoms with Crippen molar-refractivity contribution < 1.29 is 4.79 Å². The van der Waals surface area contributed by atoms with Crippen LogP contribution in [0.1, 0.15) is 25.0 Å². The molecule has 3 rings (SSSR count). The Bertz CT molecular complexity index is 762. The third-order valence-electron chi connectivity index (χ3n) is 5.14. The minimum absolute atomic E-state index is 0.156. The van der Waals surface area contributed by atoms with Crippen molar-refractivity contribution in [2.24, 2.45) is 0 Å². The molecule has 5 heteroatoms. The molecule has 25 heavy (non-hydrogen) atoms. The summed E-state index contributed by atoms with van der Waals surface area (Å²) in [4.78, 5) is 23.5. The highest BCUT2D eigenvalue weighted by Crippen LogP contribution is 2.25. The van der Waals surface area contributed by atoms with Gasteiger partial charge < -0.3 is 14.7 Å². The molecule has 2 amide bonds. The number of amides is 2. The van der Waals surface area contributed by atoms with Crippen molar-refractivity contribution in [2.45, 2.75) is 27.7 Å². The van der Waals surface area contributed by atoms with Crippen LogP contribution in [0.4, 0.5) is 10.6 Å². The molecule has 1 aromatic heterocycles. The monoisotopic (exact) mass is 340 g/mol. The Morgan fingerprint density at radius 1 is 1.08 bits per heavy atom. The van der Waals surface area contributed by atoms with E-state index < -0.39 is 0 Å². The zero-order valence-electron chi connectivity index (χ0n) is 15.7. The Labute approximate surface area is 150 Å². The fourth-order valence-electron chi connectivity index (χ4n) is 3.53. The summed E-state index contributed by atoms with van der Waals surface area (Å²) < 4.78 is 0. The zero-order valence-corrected chi connectivity index (χ0v) is 15.7. The van der Waals surface area contributed by atoms with Gasteiger partial charge in [0.25, 0.3) is 0 Å². The van der Waals surface area contributed by atoms with E-state index in [2.05, 4.69) is 43.0 Å². The number of pyridine rings is 1. The fourth-order valence-corrected chi connectivity index (χ4v) is 3.53. The number of anilines is 1. The number of aromatic nitrogens is 1. The Hall–Kier alpha value is -2.30. The first-order valence-electron chi connectivity index (χ1n) is 9.21. The number of para-hydroxylation sites is 1. The summed E-state index contributed by atoms with van der Waals surface area (Å²) >= 11 is 0. The number of piperazine rings is 1. The average Bonchev–Trinajstić information content (AvgIpc) is 2.63. The number of rotatable bonds is 3. The van der Waals surface area contributed by atoms with Crippen LogP contribution < -0.4 is 4.90 Å². The van der Waals surface area contributed by atoms with E-state index in [9.17, 15) is 4.79 Å². The van der Waals surface area contributed by atoms with Crippen molar-refractivity contribution in [3.63, 3.8) is 0 Å². The smallest absolute Gasteiger partial charge is 0.320 e. The maximum absolute atomic E-state index is 12.5. The SMILES string of the molecule is CCN(CC)C(=O)N1CCN(c2cc(C)c3cccc(C)c3n2)CC1. The summed E-state index contributed by atoms with van der Waals surface area (Å²) in [6.07, 6.45) is 0. The minimum Gasteiger partial charge on any atom is -0.353 e. The first-order chi connectivity index (χ1) is 12.0. The molecule has 2 heterocycles. The van der Waals surface area contributed by atoms with Gasteiger partial charge in [-0.15, -0.1) is 0 Å². The lowest BCUT2D eigenvalue weighted by Gasteiger charge is -2.37. The molecule has 0 bridgehead atoms. The number of fused-ring (bicyclic) bond motifs is 1. The third-order valence-corrected chi connectivity index (χ3v) is 5.14. The molecular formula is C20H28N4O. The third kappa shape index (κ3) is 3.41. The highest BCUT2D eigenvalue weighted by molar-refractivity contribution is 5.86. The van der Waals surface area contributed by atoms with Crippen LogP contribution in [0.15, 0.2) is 24.3 Å². The average molecular weight is 340 g/mol. The van der Waals surface area contributed by atoms with Gasteiger partial charge in [0.15, 0.2) is 0 Å². The van der Waals surface area contributed by atoms with Gasteiger partial charge in [-0.3, -0.25) is 0 Å². The number of carbonyl (C=O) groups is 1. The van der Waals surface area contributed by atoms with Crippen LogP contribution >= 0.6 is 0 Å². The van der Waals surface area contributed by atoms with Gasteiger partial charge >= 0.3 is 6.03 Å². The van der Waals surface area contributed by atoms with Gasteiger partial charge in [-0.05, 0) is 44.9 Å². The Morgan fingerprint density at radius 3 is 2.40 bits per heavy atom. The molecular weight excluding hydrogens is 312 g/mol. The van der Waals surface area contributed by atoms with Crippen LogP contribution in [0.25, 0.3) is 10.9 Å². The normalized spacial score (nSPS) is 14.9. The molecule has 5 nitrogen and oxygen atoms in total. The van der Waals surface area contributed by atoms with E-state index in [1.807, 2.05) is 23.6 Å². The summed E-state index contributed by atoms with van der Waals surface area (Å²) in [5.41, 5.74) is 3.54. The van der Waals surface area contributed by atoms with Gasteiger partial charge in [0.1, 0.15) is 5.82 Å². The van der Waals surface area contributed by atoms with E-state index in [4.69, 9.17) is 4.98 Å². The highest BCUT2D eigenvalue weighted by atomic mass is 16.2. The molecule has 0 radical (unpaired) electrons. The van der Waals surface area contributed by atoms with Crippen molar-refractivity contribution >= 4 is 22.8 Å². The van der Waals surface area contributed by atoms with Crippen LogP contribution in [0.3, 0.4) is 0 Å². The van der Waals surface area contributed by atoms with Crippen molar-refractivity contribution in [1.82, 2.24) is 14.8 Å². The molecule has 1 aliphatic heterocycles. The lowest BCUT2D eigenvalue weighted by atomic mass is 10.1. The standard InChI is InChI=1S/C20H28N4O/c1-5-22(6-2)20(25)24-12-10-23(11-13-24)18-14-16(4)17-9-7-8-15(3)19(17)21-18/h7-9,14H,5-6,10-13H2,1-4H3. The summed E-state index contributed by atoms with van der Waals surface area (Å²) in [5.74, 6) is 1.02. The minimum atomic E-state index is 0.156. The Morgan fingerprint density at radius 2 is 1.76 bits per heavy atom. The zero-order chi connectivity index (χ0) is 18.0. The number of carbonyl (C=O) groups excluding carboxylic acids is 1. The lowest BCUT2D eigenvalue weighted by Crippen LogP contribution is -2.53. The van der Waals surface area contributed by atoms with E-state index >= 15 is 0 Å². The quantitative estimate of drug-likeness (QED) is 0.859. The van der Waals surface area contributed by atoms with Gasteiger partial charge in [0.2, 0.25) is 0 Å². The summed E-state index contributed by atoms with van der Waals surface area (Å²) in [5, 5.41) is 1.22. The van der Waals surface area contributed by atoms with Gasteiger partial charge in [-0.2, -0.15) is 0 Å². The second-order valence-electron chi connectivity index (χ2n) is 6.70.